The molecule has 0 spiro atoms. The molecule has 0 aliphatic rings. The van der Waals surface area contributed by atoms with Crippen molar-refractivity contribution in [3.63, 3.8) is 0 Å². The van der Waals surface area contributed by atoms with Gasteiger partial charge in [-0.1, -0.05) is 0 Å². The first-order valence-corrected chi connectivity index (χ1v) is 8.53. The first kappa shape index (κ1) is 16.0. The van der Waals surface area contributed by atoms with E-state index in [0.29, 0.717) is 0 Å². The molecule has 0 saturated heterocycles. The Morgan fingerprint density at radius 2 is 1.00 bits per heavy atom. The molecule has 0 amide bonds. The van der Waals surface area contributed by atoms with Crippen LogP contribution in [-0.4, -0.2) is 44.5 Å². The van der Waals surface area contributed by atoms with E-state index in [-0.39, 0.29) is 29.6 Å². The molecule has 0 nitrogen and oxygen atoms in total. The van der Waals surface area contributed by atoms with Crippen molar-refractivity contribution in [3.8, 4) is 0 Å². The zero-order valence-electron chi connectivity index (χ0n) is 10.0. The van der Waals surface area contributed by atoms with Gasteiger partial charge in [-0.2, -0.15) is 0 Å². The zero-order valence-corrected chi connectivity index (χ0v) is 11.7. The van der Waals surface area contributed by atoms with Gasteiger partial charge in [-0.3, -0.25) is 0 Å². The van der Waals surface area contributed by atoms with Crippen LogP contribution in [0.2, 0.25) is 10.6 Å². The van der Waals surface area contributed by atoms with Crippen LogP contribution >= 0.6 is 0 Å². The Labute approximate surface area is 139 Å². The van der Waals surface area contributed by atoms with Gasteiger partial charge in [0.15, 0.2) is 0 Å². The van der Waals surface area contributed by atoms with Gasteiger partial charge in [-0.05, 0) is 0 Å². The van der Waals surface area contributed by atoms with Crippen molar-refractivity contribution in [2.24, 2.45) is 0 Å². The van der Waals surface area contributed by atoms with Gasteiger partial charge in [-0.15, -0.1) is 0 Å². The second-order valence-corrected chi connectivity index (χ2v) is 6.65. The van der Waals surface area contributed by atoms with E-state index in [1.165, 1.54) is 34.6 Å². The third-order valence-corrected chi connectivity index (χ3v) is 4.82. The minimum atomic E-state index is 0. The second-order valence-electron chi connectivity index (χ2n) is 4.08. The molecule has 0 aliphatic heterocycles. The fourth-order valence-corrected chi connectivity index (χ4v) is 3.79. The van der Waals surface area contributed by atoms with Crippen LogP contribution in [0, 0.1) is 0 Å². The summed E-state index contributed by atoms with van der Waals surface area (Å²) in [6.45, 7) is 0. The average molecular weight is 313 g/mol. The zero-order chi connectivity index (χ0) is 11.8. The van der Waals surface area contributed by atoms with Crippen LogP contribution < -0.4 is 0 Å². The van der Waals surface area contributed by atoms with Crippen LogP contribution in [0.15, 0.2) is 60.7 Å². The van der Waals surface area contributed by atoms with Gasteiger partial charge in [0.1, 0.15) is 0 Å². The summed E-state index contributed by atoms with van der Waals surface area (Å²) in [6, 6.07) is 21.6. The summed E-state index contributed by atoms with van der Waals surface area (Å²) in [7, 11) is 0. The van der Waals surface area contributed by atoms with E-state index in [0.717, 1.165) is 15.0 Å². The molecule has 90 valence electrons. The Morgan fingerprint density at radius 1 is 0.611 bits per heavy atom. The van der Waals surface area contributed by atoms with Crippen LogP contribution in [0.3, 0.4) is 0 Å². The van der Waals surface area contributed by atoms with Crippen LogP contribution in [0.25, 0.3) is 0 Å². The van der Waals surface area contributed by atoms with E-state index in [1.807, 2.05) is 0 Å². The molecule has 0 aliphatic carbocycles. The first-order valence-electron chi connectivity index (χ1n) is 6.11. The fraction of sp³-hybridized carbons (Fsp3) is 0.250. The van der Waals surface area contributed by atoms with E-state index in [4.69, 9.17) is 0 Å². The molecule has 2 heteroatoms. The quantitative estimate of drug-likeness (QED) is 0.567. The number of aryl methyl sites for hydroxylation is 2. The van der Waals surface area contributed by atoms with Crippen molar-refractivity contribution in [1.29, 1.82) is 0 Å². The van der Waals surface area contributed by atoms with Gasteiger partial charge in [0, 0.05) is 0 Å². The van der Waals surface area contributed by atoms with Crippen molar-refractivity contribution in [2.75, 3.05) is 0 Å². The Kier molecular flexibility index (Phi) is 8.75. The van der Waals surface area contributed by atoms with Crippen molar-refractivity contribution in [2.45, 2.75) is 23.5 Å². The molecule has 0 N–H and O–H groups in total. The monoisotopic (exact) mass is 314 g/mol. The minimum absolute atomic E-state index is 0. The van der Waals surface area contributed by atoms with Crippen LogP contribution in [0.1, 0.15) is 11.1 Å². The molecule has 2 aromatic carbocycles. The maximum absolute atomic E-state index is 2.23. The predicted octanol–water partition coefficient (Wildman–Crippen LogP) is 3.36. The maximum atomic E-state index is 2.23. The van der Waals surface area contributed by atoms with Gasteiger partial charge in [0.05, 0.1) is 0 Å². The Bertz CT molecular complexity index is 372. The van der Waals surface area contributed by atoms with E-state index >= 15 is 0 Å². The van der Waals surface area contributed by atoms with Gasteiger partial charge in [-0.25, -0.2) is 0 Å². The summed E-state index contributed by atoms with van der Waals surface area (Å²) in [5, 5.41) is 2.73. The van der Waals surface area contributed by atoms with Gasteiger partial charge >= 0.3 is 140 Å². The molecule has 0 saturated carbocycles. The summed E-state index contributed by atoms with van der Waals surface area (Å²) in [5.41, 5.74) is 2.96. The molecule has 2 aromatic rings. The van der Waals surface area contributed by atoms with E-state index in [1.54, 1.807) is 0 Å². The summed E-state index contributed by atoms with van der Waals surface area (Å²) in [6.07, 6.45) is 2.49. The van der Waals surface area contributed by atoms with Gasteiger partial charge in [0.25, 0.3) is 0 Å². The Balaban J connectivity index is 0.00000162. The molecule has 0 aromatic heterocycles. The van der Waals surface area contributed by atoms with Crippen LogP contribution in [0.4, 0.5) is 0 Å². The summed E-state index contributed by atoms with van der Waals surface area (Å²) in [4.78, 5) is 0. The molecule has 0 radical (unpaired) electrons. The predicted molar refractivity (Wildman–Crippen MR) is 82.8 cm³/mol. The molecule has 18 heavy (non-hydrogen) atoms. The van der Waals surface area contributed by atoms with E-state index < -0.39 is 0 Å². The SMILES string of the molecule is [NaH].c1ccc(CC[Se]CCc2ccccc2)cc1. The first-order chi connectivity index (χ1) is 8.45. The molecule has 0 unspecified atom stereocenters. The summed E-state index contributed by atoms with van der Waals surface area (Å²) in [5.74, 6) is 0. The molecule has 0 fully saturated rings. The van der Waals surface area contributed by atoms with Gasteiger partial charge < -0.3 is 0 Å². The Hall–Kier alpha value is -0.0405. The van der Waals surface area contributed by atoms with Crippen molar-refractivity contribution >= 4 is 44.5 Å². The number of hydrogen-bond acceptors (Lipinski definition) is 0. The van der Waals surface area contributed by atoms with Crippen LogP contribution in [0.5, 0.6) is 0 Å². The molecule has 0 atom stereocenters. The number of benzene rings is 2. The topological polar surface area (TPSA) is 0 Å². The van der Waals surface area contributed by atoms with Crippen LogP contribution in [-0.2, 0) is 12.8 Å². The fourth-order valence-electron chi connectivity index (χ4n) is 1.77. The molecular weight excluding hydrogens is 294 g/mol. The molecule has 2 rings (SSSR count). The standard InChI is InChI=1S/C16H18Se.Na.H/c1-3-7-15(8-4-1)11-13-17-14-12-16-9-5-2-6-10-16;;/h1-10H,11-14H2;;. The number of hydrogen-bond donors (Lipinski definition) is 0. The summed E-state index contributed by atoms with van der Waals surface area (Å²) < 4.78 is 0. The van der Waals surface area contributed by atoms with E-state index in [2.05, 4.69) is 60.7 Å². The van der Waals surface area contributed by atoms with Crippen molar-refractivity contribution < 1.29 is 0 Å². The molecule has 0 bridgehead atoms. The summed E-state index contributed by atoms with van der Waals surface area (Å²) >= 11 is 0.783. The average Bonchev–Trinajstić information content (AvgIpc) is 2.41. The van der Waals surface area contributed by atoms with Crippen molar-refractivity contribution in [3.05, 3.63) is 71.8 Å². The van der Waals surface area contributed by atoms with Gasteiger partial charge in [0.2, 0.25) is 0 Å². The molecular formula is C16H19NaSe. The number of rotatable bonds is 6. The third-order valence-electron chi connectivity index (χ3n) is 2.76. The normalized spacial score (nSPS) is 9.78. The van der Waals surface area contributed by atoms with E-state index in [9.17, 15) is 0 Å². The second kappa shape index (κ2) is 9.83. The molecule has 0 heterocycles. The third kappa shape index (κ3) is 6.22. The van der Waals surface area contributed by atoms with Crippen molar-refractivity contribution in [1.82, 2.24) is 0 Å². The Morgan fingerprint density at radius 3 is 1.39 bits per heavy atom.